The first-order chi connectivity index (χ1) is 9.25. The zero-order chi connectivity index (χ0) is 15.2. The number of hydrogen-bond acceptors (Lipinski definition) is 2. The number of anilines is 2. The SMILES string of the molecule is Cc1cc(I)c(-c2c(I)cc(C)c(N)c2C)c(C)c1N. The summed E-state index contributed by atoms with van der Waals surface area (Å²) in [5, 5.41) is 0. The molecular weight excluding hydrogens is 474 g/mol. The third-order valence-corrected chi connectivity index (χ3v) is 5.52. The van der Waals surface area contributed by atoms with Crippen LogP contribution in [0.4, 0.5) is 11.4 Å². The van der Waals surface area contributed by atoms with E-state index in [0.717, 1.165) is 33.6 Å². The molecule has 0 atom stereocenters. The topological polar surface area (TPSA) is 52.0 Å². The van der Waals surface area contributed by atoms with Crippen LogP contribution in [0.5, 0.6) is 0 Å². The maximum Gasteiger partial charge on any atom is 0.0380 e. The predicted molar refractivity (Wildman–Crippen MR) is 105 cm³/mol. The van der Waals surface area contributed by atoms with E-state index in [1.165, 1.54) is 18.3 Å². The lowest BCUT2D eigenvalue weighted by atomic mass is 9.92. The lowest BCUT2D eigenvalue weighted by Gasteiger charge is -2.19. The van der Waals surface area contributed by atoms with E-state index in [2.05, 4.69) is 85.0 Å². The monoisotopic (exact) mass is 492 g/mol. The van der Waals surface area contributed by atoms with Crippen molar-refractivity contribution in [2.75, 3.05) is 11.5 Å². The second-order valence-electron chi connectivity index (χ2n) is 5.18. The van der Waals surface area contributed by atoms with Gasteiger partial charge in [0.15, 0.2) is 0 Å². The first-order valence-electron chi connectivity index (χ1n) is 6.36. The molecule has 20 heavy (non-hydrogen) atoms. The van der Waals surface area contributed by atoms with E-state index in [4.69, 9.17) is 11.5 Å². The second-order valence-corrected chi connectivity index (χ2v) is 7.50. The van der Waals surface area contributed by atoms with Crippen molar-refractivity contribution in [1.29, 1.82) is 0 Å². The zero-order valence-corrected chi connectivity index (χ0v) is 16.4. The molecule has 0 fully saturated rings. The molecule has 4 heteroatoms. The summed E-state index contributed by atoms with van der Waals surface area (Å²) < 4.78 is 2.44. The van der Waals surface area contributed by atoms with Gasteiger partial charge in [-0.05, 0) is 107 Å². The van der Waals surface area contributed by atoms with Crippen LogP contribution in [-0.4, -0.2) is 0 Å². The Morgan fingerprint density at radius 2 is 1.00 bits per heavy atom. The Kier molecular flexibility index (Phi) is 4.53. The Labute approximate surface area is 147 Å². The summed E-state index contributed by atoms with van der Waals surface area (Å²) in [6.07, 6.45) is 0. The quantitative estimate of drug-likeness (QED) is 0.437. The lowest BCUT2D eigenvalue weighted by molar-refractivity contribution is 1.32. The number of halogens is 2. The molecule has 0 aromatic heterocycles. The highest BCUT2D eigenvalue weighted by Crippen LogP contribution is 2.40. The van der Waals surface area contributed by atoms with Gasteiger partial charge in [0.25, 0.3) is 0 Å². The van der Waals surface area contributed by atoms with Gasteiger partial charge in [-0.25, -0.2) is 0 Å². The van der Waals surface area contributed by atoms with E-state index in [1.54, 1.807) is 0 Å². The average Bonchev–Trinajstić information content (AvgIpc) is 2.37. The standard InChI is InChI=1S/C16H18I2N2/c1-7-5-11(17)13(9(3)15(7)19)14-10(4)16(20)8(2)6-12(14)18/h5-6H,19-20H2,1-4H3. The first kappa shape index (κ1) is 15.9. The molecule has 0 bridgehead atoms. The number of hydrogen-bond donors (Lipinski definition) is 2. The summed E-state index contributed by atoms with van der Waals surface area (Å²) in [4.78, 5) is 0. The van der Waals surface area contributed by atoms with Gasteiger partial charge >= 0.3 is 0 Å². The van der Waals surface area contributed by atoms with Crippen LogP contribution in [0.25, 0.3) is 11.1 Å². The summed E-state index contributed by atoms with van der Waals surface area (Å²) in [5.74, 6) is 0. The van der Waals surface area contributed by atoms with Crippen LogP contribution in [-0.2, 0) is 0 Å². The van der Waals surface area contributed by atoms with Crippen molar-refractivity contribution in [2.24, 2.45) is 0 Å². The molecule has 2 nitrogen and oxygen atoms in total. The molecule has 0 radical (unpaired) electrons. The largest absolute Gasteiger partial charge is 0.398 e. The van der Waals surface area contributed by atoms with Crippen molar-refractivity contribution >= 4 is 56.6 Å². The number of benzene rings is 2. The molecule has 0 saturated heterocycles. The van der Waals surface area contributed by atoms with Crippen LogP contribution in [0.3, 0.4) is 0 Å². The van der Waals surface area contributed by atoms with Crippen LogP contribution < -0.4 is 11.5 Å². The van der Waals surface area contributed by atoms with E-state index >= 15 is 0 Å². The van der Waals surface area contributed by atoms with Gasteiger partial charge in [-0.3, -0.25) is 0 Å². The van der Waals surface area contributed by atoms with Gasteiger partial charge in [-0.1, -0.05) is 0 Å². The van der Waals surface area contributed by atoms with E-state index in [-0.39, 0.29) is 0 Å². The van der Waals surface area contributed by atoms with Crippen LogP contribution >= 0.6 is 45.2 Å². The Morgan fingerprint density at radius 1 is 0.700 bits per heavy atom. The van der Waals surface area contributed by atoms with Crippen molar-refractivity contribution in [2.45, 2.75) is 27.7 Å². The molecule has 0 aliphatic rings. The summed E-state index contributed by atoms with van der Waals surface area (Å²) in [6.45, 7) is 8.28. The summed E-state index contributed by atoms with van der Waals surface area (Å²) in [7, 11) is 0. The van der Waals surface area contributed by atoms with Crippen LogP contribution in [0, 0.1) is 34.8 Å². The first-order valence-corrected chi connectivity index (χ1v) is 8.52. The summed E-state index contributed by atoms with van der Waals surface area (Å²) >= 11 is 4.77. The normalized spacial score (nSPS) is 10.9. The van der Waals surface area contributed by atoms with Crippen molar-refractivity contribution in [3.63, 3.8) is 0 Å². The molecule has 0 amide bonds. The molecule has 0 unspecified atom stereocenters. The number of nitrogens with two attached hydrogens (primary N) is 2. The minimum absolute atomic E-state index is 0.870. The van der Waals surface area contributed by atoms with Crippen LogP contribution in [0.2, 0.25) is 0 Å². The van der Waals surface area contributed by atoms with Crippen molar-refractivity contribution in [3.05, 3.63) is 41.5 Å². The summed E-state index contributed by atoms with van der Waals surface area (Å²) in [5.41, 5.74) is 21.1. The van der Waals surface area contributed by atoms with Crippen LogP contribution in [0.1, 0.15) is 22.3 Å². The van der Waals surface area contributed by atoms with E-state index in [1.807, 2.05) is 0 Å². The Hall–Kier alpha value is -0.500. The predicted octanol–water partition coefficient (Wildman–Crippen LogP) is 4.96. The maximum atomic E-state index is 6.22. The van der Waals surface area contributed by atoms with Gasteiger partial charge in [-0.2, -0.15) is 0 Å². The molecule has 0 aliphatic carbocycles. The van der Waals surface area contributed by atoms with Gasteiger partial charge in [0.05, 0.1) is 0 Å². The third kappa shape index (κ3) is 2.52. The highest BCUT2D eigenvalue weighted by Gasteiger charge is 2.18. The Morgan fingerprint density at radius 3 is 1.30 bits per heavy atom. The number of nitrogen functional groups attached to an aromatic ring is 2. The minimum Gasteiger partial charge on any atom is -0.398 e. The highest BCUT2D eigenvalue weighted by atomic mass is 127. The molecule has 0 saturated carbocycles. The van der Waals surface area contributed by atoms with Crippen molar-refractivity contribution in [3.8, 4) is 11.1 Å². The summed E-state index contributed by atoms with van der Waals surface area (Å²) in [6, 6.07) is 4.29. The molecule has 0 heterocycles. The Bertz CT molecular complexity index is 645. The van der Waals surface area contributed by atoms with Gasteiger partial charge in [-0.15, -0.1) is 0 Å². The van der Waals surface area contributed by atoms with Crippen molar-refractivity contribution < 1.29 is 0 Å². The second kappa shape index (κ2) is 5.71. The van der Waals surface area contributed by atoms with E-state index in [0.29, 0.717) is 0 Å². The molecule has 4 N–H and O–H groups in total. The van der Waals surface area contributed by atoms with E-state index in [9.17, 15) is 0 Å². The van der Waals surface area contributed by atoms with E-state index < -0.39 is 0 Å². The fourth-order valence-electron chi connectivity index (χ4n) is 2.51. The highest BCUT2D eigenvalue weighted by molar-refractivity contribution is 14.1. The average molecular weight is 492 g/mol. The number of rotatable bonds is 1. The Balaban J connectivity index is 2.90. The molecule has 2 aromatic rings. The zero-order valence-electron chi connectivity index (χ0n) is 12.1. The van der Waals surface area contributed by atoms with Crippen LogP contribution in [0.15, 0.2) is 12.1 Å². The fraction of sp³-hybridized carbons (Fsp3) is 0.250. The smallest absolute Gasteiger partial charge is 0.0380 e. The molecule has 0 spiro atoms. The van der Waals surface area contributed by atoms with Crippen molar-refractivity contribution in [1.82, 2.24) is 0 Å². The maximum absolute atomic E-state index is 6.22. The van der Waals surface area contributed by atoms with Gasteiger partial charge in [0.1, 0.15) is 0 Å². The third-order valence-electron chi connectivity index (χ3n) is 3.82. The molecule has 2 aromatic carbocycles. The van der Waals surface area contributed by atoms with Gasteiger partial charge in [0, 0.05) is 29.6 Å². The number of aryl methyl sites for hydroxylation is 2. The van der Waals surface area contributed by atoms with Gasteiger partial charge < -0.3 is 11.5 Å². The molecule has 0 aliphatic heterocycles. The molecule has 106 valence electrons. The molecular formula is C16H18I2N2. The fourth-order valence-corrected chi connectivity index (χ4v) is 4.80. The molecule has 2 rings (SSSR count). The minimum atomic E-state index is 0.870. The lowest BCUT2D eigenvalue weighted by Crippen LogP contribution is -2.03. The van der Waals surface area contributed by atoms with Gasteiger partial charge in [0.2, 0.25) is 0 Å².